The number of H-pyrrole nitrogens is 1. The minimum atomic E-state index is -0.226. The highest BCUT2D eigenvalue weighted by molar-refractivity contribution is 7.99. The second-order valence-electron chi connectivity index (χ2n) is 3.70. The first-order valence-electron chi connectivity index (χ1n) is 5.37. The van der Waals surface area contributed by atoms with Crippen LogP contribution in [0.1, 0.15) is 18.1 Å². The normalized spacial score (nSPS) is 10.9. The van der Waals surface area contributed by atoms with E-state index in [2.05, 4.69) is 20.4 Å². The second kappa shape index (κ2) is 5.11. The van der Waals surface area contributed by atoms with Crippen LogP contribution in [-0.2, 0) is 6.54 Å². The van der Waals surface area contributed by atoms with Gasteiger partial charge in [0.05, 0.1) is 0 Å². The highest BCUT2D eigenvalue weighted by atomic mass is 35.5. The molecule has 6 nitrogen and oxygen atoms in total. The number of rotatable bonds is 3. The molecule has 0 saturated heterocycles. The summed E-state index contributed by atoms with van der Waals surface area (Å²) in [5.74, 6) is 0. The molecule has 96 valence electrons. The predicted octanol–water partition coefficient (Wildman–Crippen LogP) is 1.80. The van der Waals surface area contributed by atoms with E-state index in [0.29, 0.717) is 21.9 Å². The summed E-state index contributed by atoms with van der Waals surface area (Å²) in [4.78, 5) is 11.4. The van der Waals surface area contributed by atoms with E-state index < -0.39 is 0 Å². The highest BCUT2D eigenvalue weighted by Gasteiger charge is 2.14. The van der Waals surface area contributed by atoms with Crippen LogP contribution in [0.3, 0.4) is 0 Å². The van der Waals surface area contributed by atoms with Crippen molar-refractivity contribution in [3.63, 3.8) is 0 Å². The van der Waals surface area contributed by atoms with Crippen LogP contribution in [0.4, 0.5) is 0 Å². The Kier molecular flexibility index (Phi) is 3.72. The molecular formula is C10H12ClN5OS. The molecule has 0 spiro atoms. The smallest absolute Gasteiger partial charge is 0.270 e. The molecule has 0 aliphatic rings. The number of hydrogen-bond acceptors (Lipinski definition) is 5. The number of aromatic amines is 1. The molecule has 0 unspecified atom stereocenters. The Balaban J connectivity index is 2.40. The molecule has 0 aliphatic carbocycles. The molecule has 0 amide bonds. The van der Waals surface area contributed by atoms with Gasteiger partial charge in [0.25, 0.3) is 0 Å². The molecule has 0 aromatic carbocycles. The summed E-state index contributed by atoms with van der Waals surface area (Å²) in [5, 5.41) is 15.9. The number of nitrogens with one attached hydrogen (secondary N) is 1. The van der Waals surface area contributed by atoms with E-state index in [9.17, 15) is 4.79 Å². The van der Waals surface area contributed by atoms with Gasteiger partial charge in [0, 0.05) is 6.54 Å². The largest absolute Gasteiger partial charge is 0.343 e. The van der Waals surface area contributed by atoms with Crippen molar-refractivity contribution < 1.29 is 0 Å². The van der Waals surface area contributed by atoms with Crippen LogP contribution in [0, 0.1) is 13.8 Å². The van der Waals surface area contributed by atoms with Crippen molar-refractivity contribution in [1.82, 2.24) is 25.0 Å². The quantitative estimate of drug-likeness (QED) is 0.930. The molecule has 2 heterocycles. The van der Waals surface area contributed by atoms with Crippen LogP contribution in [-0.4, -0.2) is 25.0 Å². The van der Waals surface area contributed by atoms with Gasteiger partial charge in [0.2, 0.25) is 0 Å². The van der Waals surface area contributed by atoms with Crippen molar-refractivity contribution in [2.45, 2.75) is 37.5 Å². The van der Waals surface area contributed by atoms with Gasteiger partial charge in [0.1, 0.15) is 5.03 Å². The molecule has 2 aromatic rings. The van der Waals surface area contributed by atoms with Crippen molar-refractivity contribution >= 4 is 23.4 Å². The van der Waals surface area contributed by atoms with Crippen molar-refractivity contribution in [3.05, 3.63) is 26.8 Å². The van der Waals surface area contributed by atoms with Gasteiger partial charge in [-0.2, -0.15) is 0 Å². The van der Waals surface area contributed by atoms with Crippen LogP contribution in [0.15, 0.2) is 15.0 Å². The summed E-state index contributed by atoms with van der Waals surface area (Å²) in [6.45, 7) is 6.23. The lowest BCUT2D eigenvalue weighted by Gasteiger charge is -2.07. The van der Waals surface area contributed by atoms with Gasteiger partial charge in [-0.25, -0.2) is 9.89 Å². The third kappa shape index (κ3) is 2.28. The number of halogens is 1. The minimum absolute atomic E-state index is 0.226. The zero-order valence-corrected chi connectivity index (χ0v) is 11.8. The highest BCUT2D eigenvalue weighted by Crippen LogP contribution is 2.29. The van der Waals surface area contributed by atoms with Gasteiger partial charge in [-0.15, -0.1) is 15.3 Å². The van der Waals surface area contributed by atoms with E-state index in [-0.39, 0.29) is 5.69 Å². The predicted molar refractivity (Wildman–Crippen MR) is 69.2 cm³/mol. The van der Waals surface area contributed by atoms with Crippen molar-refractivity contribution in [3.8, 4) is 0 Å². The first-order valence-corrected chi connectivity index (χ1v) is 6.56. The van der Waals surface area contributed by atoms with E-state index in [1.807, 2.05) is 20.8 Å². The number of aromatic nitrogens is 5. The lowest BCUT2D eigenvalue weighted by atomic mass is 10.2. The van der Waals surface area contributed by atoms with Crippen LogP contribution >= 0.6 is 23.4 Å². The summed E-state index contributed by atoms with van der Waals surface area (Å²) < 4.78 is 1.54. The molecule has 2 aromatic heterocycles. The molecule has 0 aliphatic heterocycles. The molecule has 0 radical (unpaired) electrons. The Bertz CT molecular complexity index is 636. The summed E-state index contributed by atoms with van der Waals surface area (Å²) in [5.41, 5.74) is 1.60. The van der Waals surface area contributed by atoms with Crippen LogP contribution in [0.25, 0.3) is 0 Å². The van der Waals surface area contributed by atoms with E-state index in [4.69, 9.17) is 11.6 Å². The van der Waals surface area contributed by atoms with Crippen LogP contribution in [0.5, 0.6) is 0 Å². The molecule has 18 heavy (non-hydrogen) atoms. The van der Waals surface area contributed by atoms with Gasteiger partial charge in [-0.05, 0) is 43.7 Å². The standard InChI is InChI=1S/C10H12ClN5OS/c1-4-16-9(17)14-15-10(16)18-8-6(3)5(2)7(11)12-13-8/h4H2,1-3H3,(H,14,17). The number of hydrogen-bond donors (Lipinski definition) is 1. The molecule has 0 bridgehead atoms. The Hall–Kier alpha value is -1.34. The monoisotopic (exact) mass is 285 g/mol. The first-order chi connectivity index (χ1) is 8.54. The summed E-state index contributed by atoms with van der Waals surface area (Å²) in [6, 6.07) is 0. The molecule has 8 heteroatoms. The Morgan fingerprint density at radius 2 is 2.06 bits per heavy atom. The molecule has 2 rings (SSSR count). The topological polar surface area (TPSA) is 76.5 Å². The Morgan fingerprint density at radius 3 is 2.72 bits per heavy atom. The lowest BCUT2D eigenvalue weighted by Crippen LogP contribution is -2.16. The first kappa shape index (κ1) is 13.1. The zero-order chi connectivity index (χ0) is 13.3. The summed E-state index contributed by atoms with van der Waals surface area (Å²) in [6.07, 6.45) is 0. The molecule has 0 saturated carbocycles. The van der Waals surface area contributed by atoms with E-state index >= 15 is 0 Å². The fourth-order valence-electron chi connectivity index (χ4n) is 1.40. The average Bonchev–Trinajstić information content (AvgIpc) is 2.70. The Morgan fingerprint density at radius 1 is 1.33 bits per heavy atom. The van der Waals surface area contributed by atoms with Gasteiger partial charge in [-0.3, -0.25) is 4.57 Å². The van der Waals surface area contributed by atoms with Crippen molar-refractivity contribution in [2.24, 2.45) is 0 Å². The fraction of sp³-hybridized carbons (Fsp3) is 0.400. The lowest BCUT2D eigenvalue weighted by molar-refractivity contribution is 0.659. The van der Waals surface area contributed by atoms with E-state index in [1.54, 1.807) is 0 Å². The number of nitrogens with zero attached hydrogens (tertiary/aromatic N) is 4. The van der Waals surface area contributed by atoms with E-state index in [1.165, 1.54) is 16.3 Å². The third-order valence-electron chi connectivity index (χ3n) is 2.65. The van der Waals surface area contributed by atoms with Gasteiger partial charge in [-0.1, -0.05) is 11.6 Å². The fourth-order valence-corrected chi connectivity index (χ4v) is 2.55. The maximum atomic E-state index is 11.4. The minimum Gasteiger partial charge on any atom is -0.270 e. The maximum Gasteiger partial charge on any atom is 0.343 e. The zero-order valence-electron chi connectivity index (χ0n) is 10.2. The molecular weight excluding hydrogens is 274 g/mol. The van der Waals surface area contributed by atoms with Crippen molar-refractivity contribution in [2.75, 3.05) is 0 Å². The molecule has 1 N–H and O–H groups in total. The van der Waals surface area contributed by atoms with E-state index in [0.717, 1.165) is 11.1 Å². The van der Waals surface area contributed by atoms with Crippen LogP contribution < -0.4 is 5.69 Å². The summed E-state index contributed by atoms with van der Waals surface area (Å²) in [7, 11) is 0. The molecule has 0 atom stereocenters. The molecule has 0 fully saturated rings. The summed E-state index contributed by atoms with van der Waals surface area (Å²) >= 11 is 7.19. The van der Waals surface area contributed by atoms with Gasteiger partial charge >= 0.3 is 5.69 Å². The maximum absolute atomic E-state index is 11.4. The van der Waals surface area contributed by atoms with Gasteiger partial charge in [0.15, 0.2) is 10.3 Å². The van der Waals surface area contributed by atoms with Crippen molar-refractivity contribution in [1.29, 1.82) is 0 Å². The van der Waals surface area contributed by atoms with Crippen LogP contribution in [0.2, 0.25) is 5.15 Å². The second-order valence-corrected chi connectivity index (χ2v) is 5.02. The Labute approximate surface area is 113 Å². The third-order valence-corrected chi connectivity index (χ3v) is 4.08. The average molecular weight is 286 g/mol. The SMILES string of the molecule is CCn1c(Sc2nnc(Cl)c(C)c2C)n[nH]c1=O. The van der Waals surface area contributed by atoms with Gasteiger partial charge < -0.3 is 0 Å².